The van der Waals surface area contributed by atoms with Crippen molar-refractivity contribution in [1.29, 1.82) is 0 Å². The molecule has 0 heterocycles. The summed E-state index contributed by atoms with van der Waals surface area (Å²) in [6, 6.07) is 0. The van der Waals surface area contributed by atoms with E-state index in [1.807, 2.05) is 0 Å². The van der Waals surface area contributed by atoms with Gasteiger partial charge in [0.05, 0.1) is 12.7 Å². The van der Waals surface area contributed by atoms with E-state index in [-0.39, 0.29) is 6.10 Å². The second-order valence-corrected chi connectivity index (χ2v) is 4.52. The number of nitrogens with one attached hydrogen (secondary N) is 1. The SMILES string of the molecule is CCCCOCC(O)CNC1(C)CC1. The van der Waals surface area contributed by atoms with Gasteiger partial charge in [-0.15, -0.1) is 0 Å². The molecule has 0 saturated heterocycles. The first kappa shape index (κ1) is 12.0. The van der Waals surface area contributed by atoms with Gasteiger partial charge < -0.3 is 15.2 Å². The van der Waals surface area contributed by atoms with Crippen molar-refractivity contribution < 1.29 is 9.84 Å². The molecule has 0 bridgehead atoms. The lowest BCUT2D eigenvalue weighted by atomic mass is 10.3. The number of aliphatic hydroxyl groups is 1. The summed E-state index contributed by atoms with van der Waals surface area (Å²) in [5.41, 5.74) is 0.310. The number of β-amino-alcohol motifs (C(OH)–C–C–N with tert-alkyl or cyclic N) is 1. The Hall–Kier alpha value is -0.120. The molecule has 1 unspecified atom stereocenters. The minimum atomic E-state index is -0.357. The molecule has 84 valence electrons. The van der Waals surface area contributed by atoms with Crippen LogP contribution in [0.2, 0.25) is 0 Å². The molecule has 1 rings (SSSR count). The van der Waals surface area contributed by atoms with Crippen LogP contribution >= 0.6 is 0 Å². The van der Waals surface area contributed by atoms with Crippen molar-refractivity contribution in [3.63, 3.8) is 0 Å². The Balaban J connectivity index is 1.90. The molecule has 1 aliphatic rings. The molecule has 0 radical (unpaired) electrons. The molecule has 0 aliphatic heterocycles. The van der Waals surface area contributed by atoms with Crippen LogP contribution in [0.5, 0.6) is 0 Å². The van der Waals surface area contributed by atoms with E-state index in [0.717, 1.165) is 19.4 Å². The summed E-state index contributed by atoms with van der Waals surface area (Å²) in [5, 5.41) is 12.9. The third-order valence-electron chi connectivity index (χ3n) is 2.72. The number of unbranched alkanes of at least 4 members (excludes halogenated alkanes) is 1. The van der Waals surface area contributed by atoms with Crippen molar-refractivity contribution >= 4 is 0 Å². The highest BCUT2D eigenvalue weighted by Gasteiger charge is 2.36. The van der Waals surface area contributed by atoms with Gasteiger partial charge in [0.25, 0.3) is 0 Å². The van der Waals surface area contributed by atoms with Crippen molar-refractivity contribution in [3.05, 3.63) is 0 Å². The van der Waals surface area contributed by atoms with E-state index in [1.54, 1.807) is 0 Å². The summed E-state index contributed by atoms with van der Waals surface area (Å²) in [6.45, 7) is 6.21. The number of aliphatic hydroxyl groups excluding tert-OH is 1. The standard InChI is InChI=1S/C11H23NO2/c1-3-4-7-14-9-10(13)8-12-11(2)5-6-11/h10,12-13H,3-9H2,1-2H3. The zero-order chi connectivity index (χ0) is 10.4. The van der Waals surface area contributed by atoms with E-state index in [2.05, 4.69) is 19.2 Å². The van der Waals surface area contributed by atoms with Crippen molar-refractivity contribution in [2.75, 3.05) is 19.8 Å². The van der Waals surface area contributed by atoms with E-state index in [0.29, 0.717) is 18.7 Å². The lowest BCUT2D eigenvalue weighted by Gasteiger charge is -2.15. The van der Waals surface area contributed by atoms with Crippen molar-refractivity contribution in [1.82, 2.24) is 5.32 Å². The van der Waals surface area contributed by atoms with Gasteiger partial charge in [0, 0.05) is 18.7 Å². The second-order valence-electron chi connectivity index (χ2n) is 4.52. The van der Waals surface area contributed by atoms with Crippen LogP contribution in [-0.4, -0.2) is 36.5 Å². The molecular weight excluding hydrogens is 178 g/mol. The molecule has 3 nitrogen and oxygen atoms in total. The largest absolute Gasteiger partial charge is 0.389 e. The maximum atomic E-state index is 9.55. The van der Waals surface area contributed by atoms with Crippen LogP contribution in [0.25, 0.3) is 0 Å². The van der Waals surface area contributed by atoms with Crippen LogP contribution in [-0.2, 0) is 4.74 Å². The lowest BCUT2D eigenvalue weighted by Crippen LogP contribution is -2.37. The predicted molar refractivity (Wildman–Crippen MR) is 57.4 cm³/mol. The maximum Gasteiger partial charge on any atom is 0.0897 e. The first-order valence-corrected chi connectivity index (χ1v) is 5.67. The summed E-state index contributed by atoms with van der Waals surface area (Å²) in [6.07, 6.45) is 4.33. The van der Waals surface area contributed by atoms with Gasteiger partial charge in [0.2, 0.25) is 0 Å². The average molecular weight is 201 g/mol. The minimum Gasteiger partial charge on any atom is -0.389 e. The fourth-order valence-corrected chi connectivity index (χ4v) is 1.25. The topological polar surface area (TPSA) is 41.5 Å². The number of hydrogen-bond acceptors (Lipinski definition) is 3. The smallest absolute Gasteiger partial charge is 0.0897 e. The second kappa shape index (κ2) is 5.69. The highest BCUT2D eigenvalue weighted by molar-refractivity contribution is 4.97. The summed E-state index contributed by atoms with van der Waals surface area (Å²) in [4.78, 5) is 0. The Morgan fingerprint density at radius 1 is 1.50 bits per heavy atom. The molecule has 0 amide bonds. The molecule has 14 heavy (non-hydrogen) atoms. The van der Waals surface area contributed by atoms with Gasteiger partial charge in [-0.25, -0.2) is 0 Å². The third-order valence-corrected chi connectivity index (χ3v) is 2.72. The van der Waals surface area contributed by atoms with Gasteiger partial charge in [-0.3, -0.25) is 0 Å². The fourth-order valence-electron chi connectivity index (χ4n) is 1.25. The zero-order valence-electron chi connectivity index (χ0n) is 9.38. The fraction of sp³-hybridized carbons (Fsp3) is 1.00. The monoisotopic (exact) mass is 201 g/mol. The highest BCUT2D eigenvalue weighted by Crippen LogP contribution is 2.33. The molecule has 1 aliphatic carbocycles. The van der Waals surface area contributed by atoms with E-state index in [1.165, 1.54) is 12.8 Å². The zero-order valence-corrected chi connectivity index (χ0v) is 9.38. The van der Waals surface area contributed by atoms with Gasteiger partial charge in [0.15, 0.2) is 0 Å². The summed E-state index contributed by atoms with van der Waals surface area (Å²) >= 11 is 0. The van der Waals surface area contributed by atoms with Gasteiger partial charge in [-0.2, -0.15) is 0 Å². The molecule has 2 N–H and O–H groups in total. The molecule has 3 heteroatoms. The number of rotatable bonds is 8. The lowest BCUT2D eigenvalue weighted by molar-refractivity contribution is 0.0344. The third kappa shape index (κ3) is 4.94. The van der Waals surface area contributed by atoms with Gasteiger partial charge in [0.1, 0.15) is 0 Å². The van der Waals surface area contributed by atoms with E-state index in [9.17, 15) is 5.11 Å². The van der Waals surface area contributed by atoms with Gasteiger partial charge in [-0.1, -0.05) is 13.3 Å². The normalized spacial score (nSPS) is 20.8. The van der Waals surface area contributed by atoms with Crippen LogP contribution in [0.1, 0.15) is 39.5 Å². The molecule has 1 atom stereocenters. The average Bonchev–Trinajstić information content (AvgIpc) is 2.89. The minimum absolute atomic E-state index is 0.310. The maximum absolute atomic E-state index is 9.55. The van der Waals surface area contributed by atoms with Crippen LogP contribution in [0.3, 0.4) is 0 Å². The summed E-state index contributed by atoms with van der Waals surface area (Å²) in [7, 11) is 0. The van der Waals surface area contributed by atoms with Crippen LogP contribution in [0, 0.1) is 0 Å². The summed E-state index contributed by atoms with van der Waals surface area (Å²) in [5.74, 6) is 0. The Labute approximate surface area is 86.8 Å². The Kier molecular flexibility index (Phi) is 4.85. The number of hydrogen-bond donors (Lipinski definition) is 2. The van der Waals surface area contributed by atoms with Crippen molar-refractivity contribution in [2.24, 2.45) is 0 Å². The van der Waals surface area contributed by atoms with E-state index < -0.39 is 0 Å². The van der Waals surface area contributed by atoms with Gasteiger partial charge >= 0.3 is 0 Å². The Morgan fingerprint density at radius 2 is 2.21 bits per heavy atom. The van der Waals surface area contributed by atoms with Crippen LogP contribution in [0.15, 0.2) is 0 Å². The Bertz CT molecular complexity index is 157. The van der Waals surface area contributed by atoms with E-state index in [4.69, 9.17) is 4.74 Å². The molecule has 1 fully saturated rings. The van der Waals surface area contributed by atoms with Crippen molar-refractivity contribution in [2.45, 2.75) is 51.2 Å². The first-order chi connectivity index (χ1) is 6.66. The first-order valence-electron chi connectivity index (χ1n) is 5.67. The molecule has 0 aromatic rings. The molecule has 1 saturated carbocycles. The van der Waals surface area contributed by atoms with E-state index >= 15 is 0 Å². The quantitative estimate of drug-likeness (QED) is 0.582. The Morgan fingerprint density at radius 3 is 2.79 bits per heavy atom. The van der Waals surface area contributed by atoms with Crippen molar-refractivity contribution in [3.8, 4) is 0 Å². The van der Waals surface area contributed by atoms with Crippen LogP contribution in [0.4, 0.5) is 0 Å². The predicted octanol–water partition coefficient (Wildman–Crippen LogP) is 1.31. The molecular formula is C11H23NO2. The highest BCUT2D eigenvalue weighted by atomic mass is 16.5. The number of ether oxygens (including phenoxy) is 1. The van der Waals surface area contributed by atoms with Gasteiger partial charge in [-0.05, 0) is 26.2 Å². The summed E-state index contributed by atoms with van der Waals surface area (Å²) < 4.78 is 5.33. The molecule has 0 aromatic heterocycles. The van der Waals surface area contributed by atoms with Crippen LogP contribution < -0.4 is 5.32 Å². The molecule has 0 spiro atoms. The molecule has 0 aromatic carbocycles.